The van der Waals surface area contributed by atoms with Gasteiger partial charge in [0.05, 0.1) is 12.2 Å². The molecule has 0 radical (unpaired) electrons. The fourth-order valence-corrected chi connectivity index (χ4v) is 3.84. The fraction of sp³-hybridized carbons (Fsp3) is 0.778. The predicted octanol–water partition coefficient (Wildman–Crippen LogP) is 2.59. The van der Waals surface area contributed by atoms with Crippen LogP contribution >= 0.6 is 11.3 Å². The van der Waals surface area contributed by atoms with Crippen LogP contribution in [0.2, 0.25) is 0 Å². The number of ether oxygens (including phenoxy) is 1. The van der Waals surface area contributed by atoms with Gasteiger partial charge >= 0.3 is 0 Å². The SMILES string of the molecule is CN=C(NCCN1CCC(C)CC1)N(C)Cc1csc(C(C)OC)n1. The molecule has 142 valence electrons. The molecule has 0 aliphatic carbocycles. The third-order valence-corrected chi connectivity index (χ3v) is 5.89. The first-order valence-corrected chi connectivity index (χ1v) is 10.0. The molecule has 0 aromatic carbocycles. The van der Waals surface area contributed by atoms with E-state index in [0.29, 0.717) is 0 Å². The second-order valence-electron chi connectivity index (χ2n) is 6.91. The highest BCUT2D eigenvalue weighted by atomic mass is 32.1. The first-order chi connectivity index (χ1) is 12.0. The number of methoxy groups -OCH3 is 1. The molecule has 0 saturated carbocycles. The summed E-state index contributed by atoms with van der Waals surface area (Å²) < 4.78 is 5.33. The Bertz CT molecular complexity index is 539. The predicted molar refractivity (Wildman–Crippen MR) is 105 cm³/mol. The number of aliphatic imine (C=N–C) groups is 1. The quantitative estimate of drug-likeness (QED) is 0.593. The van der Waals surface area contributed by atoms with Gasteiger partial charge in [0.2, 0.25) is 0 Å². The number of piperidine rings is 1. The Hall–Kier alpha value is -1.18. The van der Waals surface area contributed by atoms with Crippen molar-refractivity contribution in [3.05, 3.63) is 16.1 Å². The van der Waals surface area contributed by atoms with Crippen LogP contribution in [0, 0.1) is 5.92 Å². The van der Waals surface area contributed by atoms with E-state index < -0.39 is 0 Å². The maximum Gasteiger partial charge on any atom is 0.193 e. The Morgan fingerprint density at radius 2 is 2.24 bits per heavy atom. The standard InChI is InChI=1S/C18H33N5OS/c1-14-6-9-23(10-7-14)11-8-20-18(19-3)22(4)12-16-13-25-17(21-16)15(2)24-5/h13-15H,6-12H2,1-5H3,(H,19,20). The van der Waals surface area contributed by atoms with Crippen molar-refractivity contribution in [3.8, 4) is 0 Å². The summed E-state index contributed by atoms with van der Waals surface area (Å²) in [6.45, 7) is 9.55. The molecule has 0 spiro atoms. The number of hydrogen-bond acceptors (Lipinski definition) is 5. The minimum absolute atomic E-state index is 0.0498. The van der Waals surface area contributed by atoms with Crippen LogP contribution < -0.4 is 5.32 Å². The van der Waals surface area contributed by atoms with Crippen molar-refractivity contribution in [1.82, 2.24) is 20.1 Å². The number of likely N-dealkylation sites (tertiary alicyclic amines) is 1. The Labute approximate surface area is 156 Å². The summed E-state index contributed by atoms with van der Waals surface area (Å²) in [4.78, 5) is 13.7. The molecule has 1 saturated heterocycles. The molecular weight excluding hydrogens is 334 g/mol. The molecule has 25 heavy (non-hydrogen) atoms. The van der Waals surface area contributed by atoms with Gasteiger partial charge in [-0.05, 0) is 38.8 Å². The van der Waals surface area contributed by atoms with E-state index in [0.717, 1.165) is 42.2 Å². The van der Waals surface area contributed by atoms with Crippen molar-refractivity contribution in [1.29, 1.82) is 0 Å². The molecular formula is C18H33N5OS. The van der Waals surface area contributed by atoms with Gasteiger partial charge in [-0.15, -0.1) is 11.3 Å². The van der Waals surface area contributed by atoms with Crippen LogP contribution in [0.15, 0.2) is 10.4 Å². The van der Waals surface area contributed by atoms with E-state index in [9.17, 15) is 0 Å². The highest BCUT2D eigenvalue weighted by Crippen LogP contribution is 2.21. The van der Waals surface area contributed by atoms with E-state index in [4.69, 9.17) is 4.74 Å². The average molecular weight is 368 g/mol. The third kappa shape index (κ3) is 6.24. The van der Waals surface area contributed by atoms with Crippen LogP contribution in [-0.2, 0) is 11.3 Å². The summed E-state index contributed by atoms with van der Waals surface area (Å²) >= 11 is 1.65. The van der Waals surface area contributed by atoms with E-state index in [1.807, 2.05) is 14.0 Å². The summed E-state index contributed by atoms with van der Waals surface area (Å²) in [6.07, 6.45) is 2.69. The third-order valence-electron chi connectivity index (χ3n) is 4.83. The van der Waals surface area contributed by atoms with Gasteiger partial charge in [-0.2, -0.15) is 0 Å². The number of nitrogens with zero attached hydrogens (tertiary/aromatic N) is 4. The molecule has 2 rings (SSSR count). The maximum absolute atomic E-state index is 5.33. The molecule has 1 unspecified atom stereocenters. The van der Waals surface area contributed by atoms with Gasteiger partial charge in [-0.25, -0.2) is 4.98 Å². The second kappa shape index (κ2) is 10.1. The summed E-state index contributed by atoms with van der Waals surface area (Å²) in [5.74, 6) is 1.80. The molecule has 7 heteroatoms. The number of thiazole rings is 1. The lowest BCUT2D eigenvalue weighted by Crippen LogP contribution is -2.43. The second-order valence-corrected chi connectivity index (χ2v) is 7.80. The number of aromatic nitrogens is 1. The molecule has 1 atom stereocenters. The normalized spacial score (nSPS) is 18.4. The highest BCUT2D eigenvalue weighted by Gasteiger charge is 2.16. The maximum atomic E-state index is 5.33. The Morgan fingerprint density at radius 1 is 1.52 bits per heavy atom. The van der Waals surface area contributed by atoms with E-state index >= 15 is 0 Å². The van der Waals surface area contributed by atoms with Gasteiger partial charge in [-0.3, -0.25) is 4.99 Å². The number of nitrogens with one attached hydrogen (secondary N) is 1. The van der Waals surface area contributed by atoms with Gasteiger partial charge in [-0.1, -0.05) is 6.92 Å². The molecule has 6 nitrogen and oxygen atoms in total. The molecule has 1 aromatic heterocycles. The summed E-state index contributed by atoms with van der Waals surface area (Å²) in [5, 5.41) is 6.60. The van der Waals surface area contributed by atoms with Gasteiger partial charge in [0.25, 0.3) is 0 Å². The molecule has 1 fully saturated rings. The van der Waals surface area contributed by atoms with Crippen molar-refractivity contribution in [2.75, 3.05) is 47.4 Å². The lowest BCUT2D eigenvalue weighted by Gasteiger charge is -2.30. The van der Waals surface area contributed by atoms with Gasteiger partial charge in [0, 0.05) is 39.7 Å². The minimum Gasteiger partial charge on any atom is -0.375 e. The topological polar surface area (TPSA) is 53.0 Å². The number of rotatable bonds is 7. The summed E-state index contributed by atoms with van der Waals surface area (Å²) in [5.41, 5.74) is 1.05. The molecule has 0 bridgehead atoms. The molecule has 1 aliphatic rings. The monoisotopic (exact) mass is 367 g/mol. The zero-order valence-corrected chi connectivity index (χ0v) is 17.1. The number of guanidine groups is 1. The molecule has 1 N–H and O–H groups in total. The van der Waals surface area contributed by atoms with Crippen LogP contribution in [-0.4, -0.2) is 68.1 Å². The van der Waals surface area contributed by atoms with Crippen molar-refractivity contribution >= 4 is 17.3 Å². The van der Waals surface area contributed by atoms with Gasteiger partial charge in [0.1, 0.15) is 11.1 Å². The largest absolute Gasteiger partial charge is 0.375 e. The van der Waals surface area contributed by atoms with Crippen LogP contribution in [0.3, 0.4) is 0 Å². The van der Waals surface area contributed by atoms with Gasteiger partial charge < -0.3 is 19.9 Å². The molecule has 1 aliphatic heterocycles. The fourth-order valence-electron chi connectivity index (χ4n) is 3.00. The molecule has 0 amide bonds. The smallest absolute Gasteiger partial charge is 0.193 e. The average Bonchev–Trinajstić information content (AvgIpc) is 3.08. The van der Waals surface area contributed by atoms with Crippen molar-refractivity contribution < 1.29 is 4.74 Å². The summed E-state index contributed by atoms with van der Waals surface area (Å²) in [6, 6.07) is 0. The van der Waals surface area contributed by atoms with E-state index in [1.165, 1.54) is 25.9 Å². The highest BCUT2D eigenvalue weighted by molar-refractivity contribution is 7.09. The Kier molecular flexibility index (Phi) is 8.12. The van der Waals surface area contributed by atoms with Crippen molar-refractivity contribution in [3.63, 3.8) is 0 Å². The molecule has 2 heterocycles. The van der Waals surface area contributed by atoms with Crippen molar-refractivity contribution in [2.45, 2.75) is 39.3 Å². The Morgan fingerprint density at radius 3 is 2.88 bits per heavy atom. The zero-order valence-electron chi connectivity index (χ0n) is 16.3. The first kappa shape index (κ1) is 20.1. The number of hydrogen-bond donors (Lipinski definition) is 1. The van der Waals surface area contributed by atoms with Gasteiger partial charge in [0.15, 0.2) is 5.96 Å². The van der Waals surface area contributed by atoms with E-state index in [-0.39, 0.29) is 6.10 Å². The van der Waals surface area contributed by atoms with Crippen LogP contribution in [0.1, 0.15) is 43.5 Å². The van der Waals surface area contributed by atoms with E-state index in [2.05, 4.69) is 44.4 Å². The summed E-state index contributed by atoms with van der Waals surface area (Å²) in [7, 11) is 5.60. The molecule has 1 aromatic rings. The Balaban J connectivity index is 1.76. The van der Waals surface area contributed by atoms with Crippen molar-refractivity contribution in [2.24, 2.45) is 10.9 Å². The first-order valence-electron chi connectivity index (χ1n) is 9.14. The van der Waals surface area contributed by atoms with Crippen LogP contribution in [0.25, 0.3) is 0 Å². The van der Waals surface area contributed by atoms with Crippen LogP contribution in [0.4, 0.5) is 0 Å². The lowest BCUT2D eigenvalue weighted by molar-refractivity contribution is 0.119. The minimum atomic E-state index is 0.0498. The lowest BCUT2D eigenvalue weighted by atomic mass is 9.99. The van der Waals surface area contributed by atoms with E-state index in [1.54, 1.807) is 18.4 Å². The van der Waals surface area contributed by atoms with Crippen LogP contribution in [0.5, 0.6) is 0 Å². The zero-order chi connectivity index (χ0) is 18.2.